The second kappa shape index (κ2) is 4.86. The topological polar surface area (TPSA) is 3.24 Å². The average Bonchev–Trinajstić information content (AvgIpc) is 2.00. The summed E-state index contributed by atoms with van der Waals surface area (Å²) in [6.07, 6.45) is 1.25. The van der Waals surface area contributed by atoms with Gasteiger partial charge in [-0.05, 0) is 53.0 Å². The molecule has 0 rings (SSSR count). The standard InChI is InChI=1S/C14H31N/c1-11(2)10-13(5,6)15(9)14(7,8)12(3)4/h11-12H,10H2,1-9H3. The van der Waals surface area contributed by atoms with Crippen LogP contribution in [0.3, 0.4) is 0 Å². The van der Waals surface area contributed by atoms with E-state index in [0.29, 0.717) is 5.92 Å². The first-order chi connectivity index (χ1) is 6.51. The van der Waals surface area contributed by atoms with Crippen molar-refractivity contribution in [2.24, 2.45) is 11.8 Å². The molecule has 0 heterocycles. The van der Waals surface area contributed by atoms with Gasteiger partial charge in [-0.1, -0.05) is 27.7 Å². The lowest BCUT2D eigenvalue weighted by atomic mass is 9.82. The van der Waals surface area contributed by atoms with E-state index in [0.717, 1.165) is 5.92 Å². The first kappa shape index (κ1) is 15.0. The lowest BCUT2D eigenvalue weighted by Gasteiger charge is -2.49. The van der Waals surface area contributed by atoms with E-state index in [-0.39, 0.29) is 11.1 Å². The van der Waals surface area contributed by atoms with Crippen LogP contribution < -0.4 is 0 Å². The minimum absolute atomic E-state index is 0.262. The minimum Gasteiger partial charge on any atom is -0.296 e. The predicted molar refractivity (Wildman–Crippen MR) is 70.2 cm³/mol. The zero-order valence-electron chi connectivity index (χ0n) is 12.3. The molecule has 0 spiro atoms. The highest BCUT2D eigenvalue weighted by Gasteiger charge is 2.36. The van der Waals surface area contributed by atoms with E-state index in [2.05, 4.69) is 67.3 Å². The van der Waals surface area contributed by atoms with Gasteiger partial charge in [0.2, 0.25) is 0 Å². The Morgan fingerprint density at radius 3 is 1.60 bits per heavy atom. The zero-order chi connectivity index (χ0) is 12.4. The molecule has 0 saturated heterocycles. The molecule has 0 unspecified atom stereocenters. The van der Waals surface area contributed by atoms with Crippen LogP contribution in [-0.2, 0) is 0 Å². The van der Waals surface area contributed by atoms with Crippen LogP contribution in [0.2, 0.25) is 0 Å². The van der Waals surface area contributed by atoms with Crippen molar-refractivity contribution in [2.45, 2.75) is 72.9 Å². The van der Waals surface area contributed by atoms with Crippen LogP contribution in [0, 0.1) is 11.8 Å². The molecule has 0 atom stereocenters. The summed E-state index contributed by atoms with van der Waals surface area (Å²) in [5, 5.41) is 0. The summed E-state index contributed by atoms with van der Waals surface area (Å²) in [5.41, 5.74) is 0.542. The Bertz CT molecular complexity index is 190. The van der Waals surface area contributed by atoms with Crippen LogP contribution in [-0.4, -0.2) is 23.0 Å². The Hall–Kier alpha value is -0.0400. The molecular formula is C14H31N. The fraction of sp³-hybridized carbons (Fsp3) is 1.00. The van der Waals surface area contributed by atoms with E-state index in [1.165, 1.54) is 6.42 Å². The van der Waals surface area contributed by atoms with Crippen molar-refractivity contribution < 1.29 is 0 Å². The van der Waals surface area contributed by atoms with Crippen LogP contribution in [0.25, 0.3) is 0 Å². The Morgan fingerprint density at radius 1 is 0.933 bits per heavy atom. The molecule has 0 aliphatic carbocycles. The number of hydrogen-bond donors (Lipinski definition) is 0. The van der Waals surface area contributed by atoms with Crippen LogP contribution in [0.4, 0.5) is 0 Å². The number of rotatable bonds is 5. The van der Waals surface area contributed by atoms with Crippen molar-refractivity contribution in [3.05, 3.63) is 0 Å². The second-order valence-corrected chi connectivity index (χ2v) is 6.78. The summed E-state index contributed by atoms with van der Waals surface area (Å²) >= 11 is 0. The molecular weight excluding hydrogens is 182 g/mol. The van der Waals surface area contributed by atoms with Gasteiger partial charge in [0.25, 0.3) is 0 Å². The molecule has 0 radical (unpaired) electrons. The smallest absolute Gasteiger partial charge is 0.0178 e. The molecule has 0 bridgehead atoms. The summed E-state index contributed by atoms with van der Waals surface area (Å²) in [5.74, 6) is 1.43. The molecule has 0 aromatic rings. The molecule has 1 nitrogen and oxygen atoms in total. The van der Waals surface area contributed by atoms with Crippen LogP contribution in [0.5, 0.6) is 0 Å². The van der Waals surface area contributed by atoms with Gasteiger partial charge in [-0.3, -0.25) is 4.90 Å². The van der Waals surface area contributed by atoms with Gasteiger partial charge in [-0.25, -0.2) is 0 Å². The van der Waals surface area contributed by atoms with Crippen molar-refractivity contribution in [3.8, 4) is 0 Å². The molecule has 0 N–H and O–H groups in total. The normalized spacial score (nSPS) is 14.4. The van der Waals surface area contributed by atoms with Gasteiger partial charge < -0.3 is 0 Å². The lowest BCUT2D eigenvalue weighted by molar-refractivity contribution is 0.00335. The Morgan fingerprint density at radius 2 is 1.33 bits per heavy atom. The van der Waals surface area contributed by atoms with Crippen molar-refractivity contribution in [2.75, 3.05) is 7.05 Å². The molecule has 0 aromatic heterocycles. The molecule has 0 aliphatic rings. The minimum atomic E-state index is 0.262. The number of hydrogen-bond acceptors (Lipinski definition) is 1. The van der Waals surface area contributed by atoms with Crippen molar-refractivity contribution >= 4 is 0 Å². The van der Waals surface area contributed by atoms with Crippen molar-refractivity contribution in [1.82, 2.24) is 4.90 Å². The van der Waals surface area contributed by atoms with Gasteiger partial charge in [0.05, 0.1) is 0 Å². The van der Waals surface area contributed by atoms with Gasteiger partial charge in [0, 0.05) is 11.1 Å². The molecule has 0 amide bonds. The van der Waals surface area contributed by atoms with Gasteiger partial charge in [0.15, 0.2) is 0 Å². The first-order valence-electron chi connectivity index (χ1n) is 6.25. The van der Waals surface area contributed by atoms with E-state index in [1.54, 1.807) is 0 Å². The van der Waals surface area contributed by atoms with Crippen LogP contribution in [0.15, 0.2) is 0 Å². The number of nitrogens with zero attached hydrogens (tertiary/aromatic N) is 1. The summed E-state index contributed by atoms with van der Waals surface area (Å²) in [6, 6.07) is 0. The van der Waals surface area contributed by atoms with Gasteiger partial charge >= 0.3 is 0 Å². The van der Waals surface area contributed by atoms with Gasteiger partial charge in [-0.15, -0.1) is 0 Å². The Labute approximate surface area is 97.2 Å². The molecule has 1 heteroatoms. The Balaban J connectivity index is 4.75. The van der Waals surface area contributed by atoms with Gasteiger partial charge in [-0.2, -0.15) is 0 Å². The summed E-state index contributed by atoms with van der Waals surface area (Å²) in [6.45, 7) is 18.6. The largest absolute Gasteiger partial charge is 0.296 e. The monoisotopic (exact) mass is 213 g/mol. The van der Waals surface area contributed by atoms with E-state index < -0.39 is 0 Å². The summed E-state index contributed by atoms with van der Waals surface area (Å²) < 4.78 is 0. The maximum Gasteiger partial charge on any atom is 0.0178 e. The zero-order valence-corrected chi connectivity index (χ0v) is 12.3. The third kappa shape index (κ3) is 3.79. The summed E-state index contributed by atoms with van der Waals surface area (Å²) in [4.78, 5) is 2.55. The predicted octanol–water partition coefficient (Wildman–Crippen LogP) is 4.18. The maximum atomic E-state index is 2.55. The highest BCUT2D eigenvalue weighted by molar-refractivity contribution is 4.92. The highest BCUT2D eigenvalue weighted by Crippen LogP contribution is 2.32. The molecule has 15 heavy (non-hydrogen) atoms. The third-order valence-corrected chi connectivity index (χ3v) is 4.09. The van der Waals surface area contributed by atoms with Crippen molar-refractivity contribution in [1.29, 1.82) is 0 Å². The Kier molecular flexibility index (Phi) is 4.85. The maximum absolute atomic E-state index is 2.55. The van der Waals surface area contributed by atoms with Gasteiger partial charge in [0.1, 0.15) is 0 Å². The fourth-order valence-corrected chi connectivity index (χ4v) is 2.30. The second-order valence-electron chi connectivity index (χ2n) is 6.78. The molecule has 0 aromatic carbocycles. The quantitative estimate of drug-likeness (QED) is 0.662. The molecule has 0 fully saturated rings. The van der Waals surface area contributed by atoms with E-state index in [4.69, 9.17) is 0 Å². The molecule has 0 saturated carbocycles. The third-order valence-electron chi connectivity index (χ3n) is 4.09. The molecule has 92 valence electrons. The average molecular weight is 213 g/mol. The molecule has 0 aliphatic heterocycles. The lowest BCUT2D eigenvalue weighted by Crippen LogP contribution is -2.56. The highest BCUT2D eigenvalue weighted by atomic mass is 15.2. The van der Waals surface area contributed by atoms with Crippen LogP contribution in [0.1, 0.15) is 61.8 Å². The van der Waals surface area contributed by atoms with Crippen molar-refractivity contribution in [3.63, 3.8) is 0 Å². The fourth-order valence-electron chi connectivity index (χ4n) is 2.30. The van der Waals surface area contributed by atoms with E-state index >= 15 is 0 Å². The first-order valence-corrected chi connectivity index (χ1v) is 6.25. The summed E-state index contributed by atoms with van der Waals surface area (Å²) in [7, 11) is 2.27. The SMILES string of the molecule is CC(C)CC(C)(C)N(C)C(C)(C)C(C)C. The van der Waals surface area contributed by atoms with Crippen LogP contribution >= 0.6 is 0 Å². The van der Waals surface area contributed by atoms with E-state index in [9.17, 15) is 0 Å². The van der Waals surface area contributed by atoms with E-state index in [1.807, 2.05) is 0 Å².